The molecular formula is C15H18N4O6. The Bertz CT molecular complexity index is 640. The van der Waals surface area contributed by atoms with E-state index in [1.54, 1.807) is 0 Å². The number of esters is 3. The summed E-state index contributed by atoms with van der Waals surface area (Å²) in [6.07, 6.45) is 2.47. The van der Waals surface area contributed by atoms with E-state index < -0.39 is 35.7 Å². The lowest BCUT2D eigenvalue weighted by Crippen LogP contribution is -2.55. The molecule has 0 aromatic carbocycles. The molecule has 10 nitrogen and oxygen atoms in total. The fourth-order valence-corrected chi connectivity index (χ4v) is 1.51. The zero-order chi connectivity index (χ0) is 18.8. The van der Waals surface area contributed by atoms with Crippen molar-refractivity contribution in [3.05, 3.63) is 38.0 Å². The summed E-state index contributed by atoms with van der Waals surface area (Å²) in [5, 5.41) is 0.640. The summed E-state index contributed by atoms with van der Waals surface area (Å²) >= 11 is 0. The number of nitrogens with two attached hydrogens (primary N) is 1. The summed E-state index contributed by atoms with van der Waals surface area (Å²) in [6.45, 7) is 9.86. The van der Waals surface area contributed by atoms with Gasteiger partial charge in [-0.1, -0.05) is 38.0 Å². The van der Waals surface area contributed by atoms with Gasteiger partial charge in [0.25, 0.3) is 0 Å². The molecule has 0 aromatic rings. The minimum Gasteiger partial charge on any atom is -0.458 e. The van der Waals surface area contributed by atoms with Crippen molar-refractivity contribution in [3.63, 3.8) is 0 Å². The van der Waals surface area contributed by atoms with Crippen LogP contribution in [-0.4, -0.2) is 60.6 Å². The Kier molecular flexibility index (Phi) is 7.73. The Morgan fingerprint density at radius 1 is 1.00 bits per heavy atom. The Balaban J connectivity index is 3.13. The van der Waals surface area contributed by atoms with Crippen LogP contribution >= 0.6 is 0 Å². The van der Waals surface area contributed by atoms with E-state index in [0.29, 0.717) is 5.01 Å². The largest absolute Gasteiger partial charge is 0.458 e. The van der Waals surface area contributed by atoms with Crippen LogP contribution in [0.3, 0.4) is 0 Å². The molecule has 0 saturated heterocycles. The maximum Gasteiger partial charge on any atom is 0.376 e. The first-order valence-corrected chi connectivity index (χ1v) is 7.00. The standard InChI is InChI=1S/C15H18N4O6/c1-4-7-23-13(20)10-17-11(14(21)24-8-5-2)19(16)12(18-10)15(22)25-9-6-3/h4-6,11H,1-3,7-9,16H2. The van der Waals surface area contributed by atoms with Gasteiger partial charge in [0.1, 0.15) is 19.8 Å². The van der Waals surface area contributed by atoms with Crippen LogP contribution in [0, 0.1) is 0 Å². The van der Waals surface area contributed by atoms with Crippen molar-refractivity contribution in [2.24, 2.45) is 15.8 Å². The van der Waals surface area contributed by atoms with Crippen LogP contribution in [0.5, 0.6) is 0 Å². The third-order valence-corrected chi connectivity index (χ3v) is 2.55. The lowest BCUT2D eigenvalue weighted by atomic mass is 10.3. The SMILES string of the molecule is C=CCOC(=O)C1=NC(C(=O)OCC=C)N(N)C(C(=O)OCC=C)=N1. The highest BCUT2D eigenvalue weighted by atomic mass is 16.5. The van der Waals surface area contributed by atoms with Crippen molar-refractivity contribution in [2.45, 2.75) is 6.17 Å². The number of carbonyl (C=O) groups excluding carboxylic acids is 3. The third kappa shape index (κ3) is 5.39. The molecule has 1 unspecified atom stereocenters. The van der Waals surface area contributed by atoms with Gasteiger partial charge in [-0.2, -0.15) is 4.99 Å². The molecule has 1 rings (SSSR count). The van der Waals surface area contributed by atoms with E-state index in [-0.39, 0.29) is 19.8 Å². The molecule has 0 fully saturated rings. The predicted molar refractivity (Wildman–Crippen MR) is 88.2 cm³/mol. The lowest BCUT2D eigenvalue weighted by molar-refractivity contribution is -0.147. The molecule has 0 amide bonds. The van der Waals surface area contributed by atoms with Crippen LogP contribution in [0.25, 0.3) is 0 Å². The zero-order valence-electron chi connectivity index (χ0n) is 13.4. The Hall–Kier alpha value is -3.27. The van der Waals surface area contributed by atoms with Gasteiger partial charge in [0.05, 0.1) is 0 Å². The summed E-state index contributed by atoms with van der Waals surface area (Å²) in [7, 11) is 0. The number of hydrogen-bond acceptors (Lipinski definition) is 10. The van der Waals surface area contributed by atoms with Crippen molar-refractivity contribution in [1.29, 1.82) is 0 Å². The van der Waals surface area contributed by atoms with Crippen molar-refractivity contribution in [1.82, 2.24) is 5.01 Å². The average Bonchev–Trinajstić information content (AvgIpc) is 2.62. The molecule has 1 aliphatic rings. The molecule has 134 valence electrons. The van der Waals surface area contributed by atoms with Crippen LogP contribution in [-0.2, 0) is 28.6 Å². The van der Waals surface area contributed by atoms with Gasteiger partial charge < -0.3 is 14.2 Å². The van der Waals surface area contributed by atoms with E-state index in [1.165, 1.54) is 18.2 Å². The van der Waals surface area contributed by atoms with Gasteiger partial charge in [-0.15, -0.1) is 0 Å². The maximum absolute atomic E-state index is 12.0. The zero-order valence-corrected chi connectivity index (χ0v) is 13.4. The van der Waals surface area contributed by atoms with Crippen LogP contribution in [0.4, 0.5) is 0 Å². The summed E-state index contributed by atoms with van der Waals surface area (Å²) in [4.78, 5) is 43.5. The molecule has 1 atom stereocenters. The molecule has 0 bridgehead atoms. The molecule has 0 aromatic heterocycles. The minimum atomic E-state index is -1.52. The average molecular weight is 350 g/mol. The number of nitrogens with zero attached hydrogens (tertiary/aromatic N) is 3. The van der Waals surface area contributed by atoms with Crippen LogP contribution < -0.4 is 5.84 Å². The molecular weight excluding hydrogens is 332 g/mol. The molecule has 1 heterocycles. The first-order valence-electron chi connectivity index (χ1n) is 7.00. The highest BCUT2D eigenvalue weighted by Gasteiger charge is 2.37. The van der Waals surface area contributed by atoms with E-state index in [2.05, 4.69) is 29.7 Å². The number of ether oxygens (including phenoxy) is 3. The Morgan fingerprint density at radius 3 is 2.08 bits per heavy atom. The van der Waals surface area contributed by atoms with Gasteiger partial charge >= 0.3 is 17.9 Å². The molecule has 0 saturated carbocycles. The van der Waals surface area contributed by atoms with Crippen molar-refractivity contribution >= 4 is 29.6 Å². The molecule has 1 aliphatic heterocycles. The molecule has 10 heteroatoms. The van der Waals surface area contributed by atoms with Crippen LogP contribution in [0.2, 0.25) is 0 Å². The molecule has 0 spiro atoms. The van der Waals surface area contributed by atoms with Crippen molar-refractivity contribution in [2.75, 3.05) is 19.8 Å². The Morgan fingerprint density at radius 2 is 1.52 bits per heavy atom. The quantitative estimate of drug-likeness (QED) is 0.254. The Labute approximate surface area is 143 Å². The van der Waals surface area contributed by atoms with Crippen molar-refractivity contribution < 1.29 is 28.6 Å². The number of rotatable bonds is 9. The normalized spacial score (nSPS) is 16.0. The van der Waals surface area contributed by atoms with Gasteiger partial charge in [0.2, 0.25) is 17.8 Å². The summed E-state index contributed by atoms with van der Waals surface area (Å²) < 4.78 is 14.5. The van der Waals surface area contributed by atoms with Crippen LogP contribution in [0.15, 0.2) is 47.9 Å². The number of hydrazine groups is 1. The topological polar surface area (TPSA) is 133 Å². The second-order valence-corrected chi connectivity index (χ2v) is 4.36. The summed E-state index contributed by atoms with van der Waals surface area (Å²) in [6, 6.07) is 0. The van der Waals surface area contributed by atoms with Gasteiger partial charge in [-0.25, -0.2) is 25.2 Å². The predicted octanol–water partition coefficient (Wildman–Crippen LogP) is -0.514. The second-order valence-electron chi connectivity index (χ2n) is 4.36. The third-order valence-electron chi connectivity index (χ3n) is 2.55. The van der Waals surface area contributed by atoms with E-state index >= 15 is 0 Å². The van der Waals surface area contributed by atoms with E-state index in [0.717, 1.165) is 0 Å². The fourth-order valence-electron chi connectivity index (χ4n) is 1.51. The monoisotopic (exact) mass is 350 g/mol. The number of hydrogen-bond donors (Lipinski definition) is 1. The molecule has 2 N–H and O–H groups in total. The van der Waals surface area contributed by atoms with Crippen LogP contribution in [0.1, 0.15) is 0 Å². The fraction of sp³-hybridized carbons (Fsp3) is 0.267. The van der Waals surface area contributed by atoms with E-state index in [9.17, 15) is 14.4 Å². The first kappa shape index (κ1) is 19.8. The highest BCUT2D eigenvalue weighted by molar-refractivity contribution is 6.45. The maximum atomic E-state index is 12.0. The smallest absolute Gasteiger partial charge is 0.376 e. The van der Waals surface area contributed by atoms with Gasteiger partial charge in [0.15, 0.2) is 0 Å². The molecule has 0 aliphatic carbocycles. The lowest BCUT2D eigenvalue weighted by Gasteiger charge is -2.27. The molecule has 25 heavy (non-hydrogen) atoms. The summed E-state index contributed by atoms with van der Waals surface area (Å²) in [5.41, 5.74) is 0. The minimum absolute atomic E-state index is 0.109. The van der Waals surface area contributed by atoms with E-state index in [1.807, 2.05) is 0 Å². The van der Waals surface area contributed by atoms with E-state index in [4.69, 9.17) is 20.1 Å². The number of carbonyl (C=O) groups is 3. The highest BCUT2D eigenvalue weighted by Crippen LogP contribution is 2.10. The van der Waals surface area contributed by atoms with Crippen molar-refractivity contribution in [3.8, 4) is 0 Å². The van der Waals surface area contributed by atoms with Gasteiger partial charge in [0, 0.05) is 0 Å². The first-order chi connectivity index (χ1) is 12.0. The number of amidine groups is 2. The molecule has 0 radical (unpaired) electrons. The van der Waals surface area contributed by atoms with Gasteiger partial charge in [-0.3, -0.25) is 5.01 Å². The van der Waals surface area contributed by atoms with Gasteiger partial charge in [-0.05, 0) is 0 Å². The second kappa shape index (κ2) is 9.78. The number of aliphatic imine (C=N–C) groups is 2. The summed E-state index contributed by atoms with van der Waals surface area (Å²) in [5.74, 6) is 1.80.